The fourth-order valence-electron chi connectivity index (χ4n) is 2.84. The number of nitrogens with one attached hydrogen (secondary N) is 2. The van der Waals surface area contributed by atoms with Gasteiger partial charge in [-0.25, -0.2) is 8.78 Å². The summed E-state index contributed by atoms with van der Waals surface area (Å²) in [6.45, 7) is 2.21. The van der Waals surface area contributed by atoms with E-state index in [2.05, 4.69) is 17.6 Å². The topological polar surface area (TPSA) is 41.1 Å². The van der Waals surface area contributed by atoms with Crippen LogP contribution in [0, 0.1) is 17.6 Å². The summed E-state index contributed by atoms with van der Waals surface area (Å²) < 4.78 is 27.4. The Labute approximate surface area is 124 Å². The van der Waals surface area contributed by atoms with Crippen molar-refractivity contribution in [1.82, 2.24) is 5.32 Å². The Bertz CT molecular complexity index is 496. The lowest BCUT2D eigenvalue weighted by Gasteiger charge is -2.17. The molecule has 1 fully saturated rings. The van der Waals surface area contributed by atoms with Crippen LogP contribution in [0.15, 0.2) is 12.1 Å². The van der Waals surface area contributed by atoms with Gasteiger partial charge < -0.3 is 10.6 Å². The predicted octanol–water partition coefficient (Wildman–Crippen LogP) is 3.71. The number of halogens is 2. The highest BCUT2D eigenvalue weighted by molar-refractivity contribution is 5.94. The number of anilines is 1. The van der Waals surface area contributed by atoms with Crippen molar-refractivity contribution >= 4 is 11.6 Å². The Morgan fingerprint density at radius 3 is 2.43 bits per heavy atom. The van der Waals surface area contributed by atoms with Crippen LogP contribution in [0.4, 0.5) is 14.5 Å². The Kier molecular flexibility index (Phi) is 5.15. The molecule has 0 radical (unpaired) electrons. The first kappa shape index (κ1) is 15.7. The van der Waals surface area contributed by atoms with E-state index in [9.17, 15) is 13.6 Å². The second kappa shape index (κ2) is 6.87. The van der Waals surface area contributed by atoms with Crippen LogP contribution in [0.3, 0.4) is 0 Å². The summed E-state index contributed by atoms with van der Waals surface area (Å²) in [5, 5.41) is 5.34. The van der Waals surface area contributed by atoms with Gasteiger partial charge in [0.15, 0.2) is 0 Å². The minimum absolute atomic E-state index is 0.0290. The molecule has 1 amide bonds. The standard InChI is InChI=1S/C16H22F2N2O/c1-10-4-3-5-12(7-6-10)20-16(21)11-8-13(17)15(19-2)14(18)9-11/h8-10,12,19H,3-7H2,1-2H3,(H,20,21). The van der Waals surface area contributed by atoms with Gasteiger partial charge in [0.05, 0.1) is 0 Å². The van der Waals surface area contributed by atoms with E-state index in [-0.39, 0.29) is 17.3 Å². The third kappa shape index (κ3) is 3.93. The molecule has 0 aliphatic heterocycles. The normalized spacial score (nSPS) is 22.5. The third-order valence-electron chi connectivity index (χ3n) is 4.15. The minimum Gasteiger partial charge on any atom is -0.383 e. The van der Waals surface area contributed by atoms with Crippen LogP contribution in [-0.4, -0.2) is 19.0 Å². The Balaban J connectivity index is 2.06. The van der Waals surface area contributed by atoms with Gasteiger partial charge in [-0.15, -0.1) is 0 Å². The van der Waals surface area contributed by atoms with Gasteiger partial charge >= 0.3 is 0 Å². The van der Waals surface area contributed by atoms with E-state index < -0.39 is 17.5 Å². The quantitative estimate of drug-likeness (QED) is 0.835. The van der Waals surface area contributed by atoms with Gasteiger partial charge in [-0.3, -0.25) is 4.79 Å². The lowest BCUT2D eigenvalue weighted by molar-refractivity contribution is 0.0932. The first-order valence-corrected chi connectivity index (χ1v) is 7.49. The van der Waals surface area contributed by atoms with Gasteiger partial charge in [0.1, 0.15) is 17.3 Å². The summed E-state index contributed by atoms with van der Waals surface area (Å²) >= 11 is 0. The highest BCUT2D eigenvalue weighted by atomic mass is 19.1. The van der Waals surface area contributed by atoms with Crippen molar-refractivity contribution < 1.29 is 13.6 Å². The van der Waals surface area contributed by atoms with Crippen LogP contribution in [0.5, 0.6) is 0 Å². The maximum absolute atomic E-state index is 13.7. The number of carbonyl (C=O) groups is 1. The second-order valence-electron chi connectivity index (χ2n) is 5.85. The van der Waals surface area contributed by atoms with Crippen LogP contribution in [-0.2, 0) is 0 Å². The van der Waals surface area contributed by atoms with Crippen LogP contribution in [0.1, 0.15) is 49.4 Å². The van der Waals surface area contributed by atoms with Crippen molar-refractivity contribution in [2.24, 2.45) is 5.92 Å². The second-order valence-corrected chi connectivity index (χ2v) is 5.85. The zero-order valence-electron chi connectivity index (χ0n) is 12.5. The molecule has 2 atom stereocenters. The van der Waals surface area contributed by atoms with E-state index in [4.69, 9.17) is 0 Å². The number of hydrogen-bond donors (Lipinski definition) is 2. The van der Waals surface area contributed by atoms with Crippen molar-refractivity contribution in [2.75, 3.05) is 12.4 Å². The molecule has 2 unspecified atom stereocenters. The van der Waals surface area contributed by atoms with Crippen molar-refractivity contribution in [2.45, 2.75) is 45.1 Å². The lowest BCUT2D eigenvalue weighted by Crippen LogP contribution is -2.34. The van der Waals surface area contributed by atoms with E-state index in [1.54, 1.807) is 0 Å². The molecule has 1 aromatic carbocycles. The molecule has 1 aliphatic carbocycles. The summed E-state index contributed by atoms with van der Waals surface area (Å²) in [6, 6.07) is 2.24. The predicted molar refractivity (Wildman–Crippen MR) is 79.4 cm³/mol. The average molecular weight is 296 g/mol. The summed E-state index contributed by atoms with van der Waals surface area (Å²) in [5.41, 5.74) is -0.184. The molecule has 0 bridgehead atoms. The fraction of sp³-hybridized carbons (Fsp3) is 0.562. The molecule has 3 nitrogen and oxygen atoms in total. The van der Waals surface area contributed by atoms with Crippen molar-refractivity contribution in [3.05, 3.63) is 29.3 Å². The molecule has 116 valence electrons. The monoisotopic (exact) mass is 296 g/mol. The highest BCUT2D eigenvalue weighted by Crippen LogP contribution is 2.24. The van der Waals surface area contributed by atoms with Crippen LogP contribution in [0.25, 0.3) is 0 Å². The largest absolute Gasteiger partial charge is 0.383 e. The zero-order chi connectivity index (χ0) is 15.4. The Hall–Kier alpha value is -1.65. The first-order chi connectivity index (χ1) is 10.0. The smallest absolute Gasteiger partial charge is 0.251 e. The van der Waals surface area contributed by atoms with Gasteiger partial charge in [-0.2, -0.15) is 0 Å². The number of amides is 1. The van der Waals surface area contributed by atoms with Crippen LogP contribution < -0.4 is 10.6 Å². The number of carbonyl (C=O) groups excluding carboxylic acids is 1. The molecular formula is C16H22F2N2O. The van der Waals surface area contributed by atoms with Crippen molar-refractivity contribution in [3.8, 4) is 0 Å². The van der Waals surface area contributed by atoms with Crippen molar-refractivity contribution in [1.29, 1.82) is 0 Å². The van der Waals surface area contributed by atoms with Crippen LogP contribution in [0.2, 0.25) is 0 Å². The molecule has 2 rings (SSSR count). The van der Waals surface area contributed by atoms with E-state index in [0.29, 0.717) is 5.92 Å². The van der Waals surface area contributed by atoms with Gasteiger partial charge in [-0.05, 0) is 37.3 Å². The van der Waals surface area contributed by atoms with Crippen molar-refractivity contribution in [3.63, 3.8) is 0 Å². The van der Waals surface area contributed by atoms with E-state index in [0.717, 1.165) is 37.8 Å². The molecule has 21 heavy (non-hydrogen) atoms. The summed E-state index contributed by atoms with van der Waals surface area (Å²) in [5.74, 6) is -1.24. The molecule has 1 aliphatic rings. The molecule has 0 aromatic heterocycles. The summed E-state index contributed by atoms with van der Waals surface area (Å²) in [4.78, 5) is 12.1. The maximum Gasteiger partial charge on any atom is 0.251 e. The van der Waals surface area contributed by atoms with Crippen LogP contribution >= 0.6 is 0 Å². The van der Waals surface area contributed by atoms with E-state index in [1.165, 1.54) is 13.5 Å². The molecule has 1 aromatic rings. The number of rotatable bonds is 3. The highest BCUT2D eigenvalue weighted by Gasteiger charge is 2.20. The Morgan fingerprint density at radius 1 is 1.14 bits per heavy atom. The number of benzene rings is 1. The first-order valence-electron chi connectivity index (χ1n) is 7.49. The van der Waals surface area contributed by atoms with E-state index in [1.807, 2.05) is 0 Å². The SMILES string of the molecule is CNc1c(F)cc(C(=O)NC2CCCC(C)CC2)cc1F. The number of hydrogen-bond acceptors (Lipinski definition) is 2. The van der Waals surface area contributed by atoms with Gasteiger partial charge in [0, 0.05) is 18.7 Å². The molecular weight excluding hydrogens is 274 g/mol. The average Bonchev–Trinajstić information content (AvgIpc) is 2.63. The van der Waals surface area contributed by atoms with Gasteiger partial charge in [0.2, 0.25) is 0 Å². The Morgan fingerprint density at radius 2 is 1.81 bits per heavy atom. The van der Waals surface area contributed by atoms with E-state index >= 15 is 0 Å². The third-order valence-corrected chi connectivity index (χ3v) is 4.15. The van der Waals surface area contributed by atoms with Gasteiger partial charge in [-0.1, -0.05) is 19.8 Å². The molecule has 0 spiro atoms. The molecule has 1 saturated carbocycles. The summed E-state index contributed by atoms with van der Waals surface area (Å²) in [6.07, 6.45) is 5.18. The molecule has 0 saturated heterocycles. The minimum atomic E-state index is -0.753. The molecule has 0 heterocycles. The molecule has 5 heteroatoms. The maximum atomic E-state index is 13.7. The zero-order valence-corrected chi connectivity index (χ0v) is 12.5. The van der Waals surface area contributed by atoms with Gasteiger partial charge in [0.25, 0.3) is 5.91 Å². The summed E-state index contributed by atoms with van der Waals surface area (Å²) in [7, 11) is 1.44. The molecule has 2 N–H and O–H groups in total. The fourth-order valence-corrected chi connectivity index (χ4v) is 2.84. The lowest BCUT2D eigenvalue weighted by atomic mass is 10.0.